The molecule has 0 atom stereocenters. The van der Waals surface area contributed by atoms with Gasteiger partial charge in [0.1, 0.15) is 0 Å². The van der Waals surface area contributed by atoms with E-state index in [1.165, 1.54) is 21.8 Å². The Hall–Kier alpha value is -6.60. The lowest BCUT2D eigenvalue weighted by Crippen LogP contribution is -1.78. The van der Waals surface area contributed by atoms with Crippen LogP contribution in [-0.2, 0) is 0 Å². The Morgan fingerprint density at radius 1 is 0.362 bits per heavy atom. The van der Waals surface area contributed by atoms with Gasteiger partial charge in [0.05, 0.1) is 33.8 Å². The third-order valence-electron chi connectivity index (χ3n) is 7.83. The Balaban J connectivity index is 0.000000117. The van der Waals surface area contributed by atoms with Crippen molar-refractivity contribution >= 4 is 79.2 Å². The van der Waals surface area contributed by atoms with Crippen LogP contribution in [0.2, 0.25) is 0 Å². The average molecular weight is 608 g/mol. The van der Waals surface area contributed by atoms with E-state index < -0.39 is 0 Å². The van der Waals surface area contributed by atoms with Crippen molar-refractivity contribution in [1.29, 1.82) is 0 Å². The zero-order chi connectivity index (χ0) is 31.4. The van der Waals surface area contributed by atoms with E-state index >= 15 is 0 Å². The number of fused-ring (bicyclic) bond motifs is 12. The number of H-pyrrole nitrogens is 3. The van der Waals surface area contributed by atoms with E-state index in [0.717, 1.165) is 55.9 Å². The number of aromatic amines is 3. The first-order valence-electron chi connectivity index (χ1n) is 15.4. The molecule has 7 heteroatoms. The Morgan fingerprint density at radius 2 is 0.766 bits per heavy atom. The van der Waals surface area contributed by atoms with Crippen LogP contribution in [0, 0.1) is 0 Å². The van der Waals surface area contributed by atoms with Crippen molar-refractivity contribution in [3.05, 3.63) is 156 Å². The summed E-state index contributed by atoms with van der Waals surface area (Å²) in [5.74, 6) is 0. The van der Waals surface area contributed by atoms with Gasteiger partial charge in [-0.15, -0.1) is 0 Å². The highest BCUT2D eigenvalue weighted by atomic mass is 14.8. The molecule has 224 valence electrons. The van der Waals surface area contributed by atoms with Crippen LogP contribution in [0.15, 0.2) is 134 Å². The van der Waals surface area contributed by atoms with Gasteiger partial charge in [-0.2, -0.15) is 0 Å². The Labute approximate surface area is 270 Å². The van der Waals surface area contributed by atoms with E-state index in [1.807, 2.05) is 66.8 Å². The normalized spacial score (nSPS) is 11.7. The van der Waals surface area contributed by atoms with Crippen LogP contribution >= 0.6 is 0 Å². The Morgan fingerprint density at radius 3 is 1.26 bits per heavy atom. The van der Waals surface area contributed by atoms with Gasteiger partial charge in [-0.1, -0.05) is 48.5 Å². The van der Waals surface area contributed by atoms with Gasteiger partial charge < -0.3 is 15.0 Å². The van der Waals surface area contributed by atoms with E-state index in [4.69, 9.17) is 0 Å². The highest BCUT2D eigenvalue weighted by Gasteiger charge is 2.03. The van der Waals surface area contributed by atoms with Crippen LogP contribution in [0.25, 0.3) is 79.2 Å². The number of aromatic nitrogens is 7. The SMILES string of the molecule is C1=Cc2cc3ccc(cc4ccc(cc5nc(cc1n2)C=C5)[nH]4)[nH]3.c1ccc2c(c1)[nH]c1ccccc12.c1ccc2nccnc2c1. The first-order chi connectivity index (χ1) is 23.2. The molecule has 0 amide bonds. The van der Waals surface area contributed by atoms with E-state index in [-0.39, 0.29) is 0 Å². The number of hydrogen-bond donors (Lipinski definition) is 3. The van der Waals surface area contributed by atoms with Crippen molar-refractivity contribution in [2.75, 3.05) is 0 Å². The average Bonchev–Trinajstić information content (AvgIpc) is 3.95. The molecule has 7 nitrogen and oxygen atoms in total. The fourth-order valence-corrected chi connectivity index (χ4v) is 5.65. The van der Waals surface area contributed by atoms with Gasteiger partial charge in [0.25, 0.3) is 0 Å². The zero-order valence-corrected chi connectivity index (χ0v) is 25.3. The van der Waals surface area contributed by atoms with Crippen LogP contribution < -0.4 is 0 Å². The number of benzene rings is 3. The predicted octanol–water partition coefficient (Wildman–Crippen LogP) is 9.61. The molecule has 10 rings (SSSR count). The van der Waals surface area contributed by atoms with Crippen LogP contribution in [0.5, 0.6) is 0 Å². The van der Waals surface area contributed by atoms with E-state index in [9.17, 15) is 0 Å². The van der Waals surface area contributed by atoms with Crippen molar-refractivity contribution in [3.8, 4) is 0 Å². The molecule has 2 aliphatic rings. The minimum atomic E-state index is 0.915. The molecule has 0 fully saturated rings. The summed E-state index contributed by atoms with van der Waals surface area (Å²) >= 11 is 0. The van der Waals surface area contributed by atoms with Gasteiger partial charge in [0.2, 0.25) is 0 Å². The Kier molecular flexibility index (Phi) is 7.38. The summed E-state index contributed by atoms with van der Waals surface area (Å²) < 4.78 is 0. The summed E-state index contributed by atoms with van der Waals surface area (Å²) in [6.45, 7) is 0. The molecule has 0 saturated carbocycles. The summed E-state index contributed by atoms with van der Waals surface area (Å²) in [6.07, 6.45) is 11.4. The third kappa shape index (κ3) is 6.32. The van der Waals surface area contributed by atoms with Gasteiger partial charge in [0, 0.05) is 56.3 Å². The number of nitrogens with one attached hydrogen (secondary N) is 3. The minimum Gasteiger partial charge on any atom is -0.355 e. The van der Waals surface area contributed by atoms with Crippen molar-refractivity contribution in [1.82, 2.24) is 34.9 Å². The monoisotopic (exact) mass is 607 g/mol. The van der Waals surface area contributed by atoms with Crippen LogP contribution in [0.3, 0.4) is 0 Å². The molecule has 0 spiro atoms. The van der Waals surface area contributed by atoms with Gasteiger partial charge in [-0.05, 0) is 97.1 Å². The van der Waals surface area contributed by atoms with Crippen molar-refractivity contribution < 1.29 is 0 Å². The van der Waals surface area contributed by atoms with Crippen LogP contribution in [0.4, 0.5) is 0 Å². The topological polar surface area (TPSA) is 98.9 Å². The number of nitrogens with zero attached hydrogens (tertiary/aromatic N) is 4. The molecule has 47 heavy (non-hydrogen) atoms. The van der Waals surface area contributed by atoms with Gasteiger partial charge in [-0.3, -0.25) is 9.97 Å². The van der Waals surface area contributed by atoms with Crippen molar-refractivity contribution in [2.24, 2.45) is 0 Å². The molecule has 0 aliphatic carbocycles. The molecule has 5 aromatic heterocycles. The fraction of sp³-hybridized carbons (Fsp3) is 0. The molecule has 8 bridgehead atoms. The number of para-hydroxylation sites is 4. The lowest BCUT2D eigenvalue weighted by Gasteiger charge is -1.90. The van der Waals surface area contributed by atoms with Gasteiger partial charge >= 0.3 is 0 Å². The van der Waals surface area contributed by atoms with Crippen molar-refractivity contribution in [3.63, 3.8) is 0 Å². The maximum atomic E-state index is 4.62. The third-order valence-corrected chi connectivity index (χ3v) is 7.83. The molecular weight excluding hydrogens is 578 g/mol. The lowest BCUT2D eigenvalue weighted by atomic mass is 10.2. The highest BCUT2D eigenvalue weighted by molar-refractivity contribution is 6.07. The quantitative estimate of drug-likeness (QED) is 0.160. The molecule has 0 unspecified atom stereocenters. The van der Waals surface area contributed by atoms with Gasteiger partial charge in [-0.25, -0.2) is 9.97 Å². The highest BCUT2D eigenvalue weighted by Crippen LogP contribution is 2.24. The minimum absolute atomic E-state index is 0.915. The summed E-state index contributed by atoms with van der Waals surface area (Å²) in [5, 5.41) is 2.61. The largest absolute Gasteiger partial charge is 0.355 e. The van der Waals surface area contributed by atoms with Crippen molar-refractivity contribution in [2.45, 2.75) is 0 Å². The lowest BCUT2D eigenvalue weighted by molar-refractivity contribution is 1.28. The molecule has 0 radical (unpaired) electrons. The second-order valence-electron chi connectivity index (χ2n) is 11.2. The maximum absolute atomic E-state index is 4.62. The standard InChI is InChI=1S/C20H14N4.C12H9N.C8H6N2/c1-2-14-10-16-5-6-18(23-16)12-20-8-7-19(24-20)11-17-4-3-15(22-17)9-13(1)21-14;1-3-7-11-9(5-1)10-6-2-4-8-12(10)13-11;1-2-4-8-7(3-1)9-5-6-10-8/h1-12,21-22H;1-8,13H;1-6H. The molecule has 2 aliphatic heterocycles. The van der Waals surface area contributed by atoms with E-state index in [1.54, 1.807) is 12.4 Å². The predicted molar refractivity (Wildman–Crippen MR) is 194 cm³/mol. The fourth-order valence-electron chi connectivity index (χ4n) is 5.65. The van der Waals surface area contributed by atoms with Crippen LogP contribution in [0.1, 0.15) is 22.8 Å². The molecule has 3 N–H and O–H groups in total. The zero-order valence-electron chi connectivity index (χ0n) is 25.3. The van der Waals surface area contributed by atoms with Crippen LogP contribution in [-0.4, -0.2) is 34.9 Å². The maximum Gasteiger partial charge on any atom is 0.0886 e. The second-order valence-corrected chi connectivity index (χ2v) is 11.2. The molecule has 7 heterocycles. The molecular formula is C40H29N7. The molecule has 0 saturated heterocycles. The Bertz CT molecular complexity index is 2400. The number of hydrogen-bond acceptors (Lipinski definition) is 4. The summed E-state index contributed by atoms with van der Waals surface area (Å²) in [6, 6.07) is 41.0. The summed E-state index contributed by atoms with van der Waals surface area (Å²) in [4.78, 5) is 27.6. The first kappa shape index (κ1) is 27.9. The summed E-state index contributed by atoms with van der Waals surface area (Å²) in [5.41, 5.74) is 12.2. The van der Waals surface area contributed by atoms with E-state index in [2.05, 4.69) is 114 Å². The smallest absolute Gasteiger partial charge is 0.0886 e. The first-order valence-corrected chi connectivity index (χ1v) is 15.4. The van der Waals surface area contributed by atoms with E-state index in [0.29, 0.717) is 0 Å². The molecule has 3 aromatic carbocycles. The van der Waals surface area contributed by atoms with Gasteiger partial charge in [0.15, 0.2) is 0 Å². The second kappa shape index (κ2) is 12.4. The number of rotatable bonds is 0. The summed E-state index contributed by atoms with van der Waals surface area (Å²) in [7, 11) is 0. The molecule has 8 aromatic rings.